The third-order valence-corrected chi connectivity index (χ3v) is 5.83. The molecule has 10 heteroatoms. The molecule has 5 aromatic rings. The van der Waals surface area contributed by atoms with Crippen LogP contribution in [0.2, 0.25) is 0 Å². The second-order valence-corrected chi connectivity index (χ2v) is 8.10. The largest absolute Gasteiger partial charge is 0.484 e. The van der Waals surface area contributed by atoms with Gasteiger partial charge in [-0.1, -0.05) is 36.0 Å². The molecule has 0 atom stereocenters. The number of para-hydroxylation sites is 1. The van der Waals surface area contributed by atoms with Gasteiger partial charge < -0.3 is 9.15 Å². The molecular formula is C22H20N6O3S. The molecule has 0 aliphatic carbocycles. The molecule has 0 aliphatic rings. The zero-order valence-electron chi connectivity index (χ0n) is 17.6. The average molecular weight is 449 g/mol. The molecule has 0 bridgehead atoms. The minimum atomic E-state index is -0.0719. The van der Waals surface area contributed by atoms with Crippen LogP contribution in [0.4, 0.5) is 0 Å². The van der Waals surface area contributed by atoms with E-state index in [0.29, 0.717) is 40.4 Å². The number of benzene rings is 2. The molecule has 162 valence electrons. The van der Waals surface area contributed by atoms with Gasteiger partial charge in [-0.15, -0.1) is 20.4 Å². The Morgan fingerprint density at radius 2 is 1.94 bits per heavy atom. The van der Waals surface area contributed by atoms with Crippen molar-refractivity contribution in [2.24, 2.45) is 0 Å². The predicted molar refractivity (Wildman–Crippen MR) is 120 cm³/mol. The molecule has 0 amide bonds. The quantitative estimate of drug-likeness (QED) is 0.348. The highest BCUT2D eigenvalue weighted by molar-refractivity contribution is 7.98. The molecule has 0 saturated heterocycles. The molecule has 0 aliphatic heterocycles. The molecule has 3 heterocycles. The topological polar surface area (TPSA) is 100 Å². The summed E-state index contributed by atoms with van der Waals surface area (Å²) >= 11 is 1.36. The number of aryl methyl sites for hydroxylation is 2. The van der Waals surface area contributed by atoms with Gasteiger partial charge in [-0.2, -0.15) is 0 Å². The van der Waals surface area contributed by atoms with Crippen LogP contribution in [0.15, 0.2) is 63.0 Å². The van der Waals surface area contributed by atoms with Crippen molar-refractivity contribution >= 4 is 28.4 Å². The van der Waals surface area contributed by atoms with Crippen LogP contribution in [-0.4, -0.2) is 29.4 Å². The van der Waals surface area contributed by atoms with E-state index in [1.165, 1.54) is 11.8 Å². The lowest BCUT2D eigenvalue weighted by Gasteiger charge is -2.09. The van der Waals surface area contributed by atoms with Gasteiger partial charge in [0, 0.05) is 6.54 Å². The molecule has 3 aromatic heterocycles. The highest BCUT2D eigenvalue weighted by Gasteiger charge is 2.17. The first-order valence-electron chi connectivity index (χ1n) is 10.1. The van der Waals surface area contributed by atoms with E-state index in [4.69, 9.17) is 9.15 Å². The number of aromatic nitrogens is 6. The molecule has 2 aromatic carbocycles. The second kappa shape index (κ2) is 8.46. The first-order chi connectivity index (χ1) is 15.6. The second-order valence-electron chi connectivity index (χ2n) is 7.17. The zero-order chi connectivity index (χ0) is 22.1. The number of rotatable bonds is 7. The van der Waals surface area contributed by atoms with E-state index in [-0.39, 0.29) is 12.2 Å². The van der Waals surface area contributed by atoms with Crippen molar-refractivity contribution in [3.8, 4) is 5.75 Å². The maximum atomic E-state index is 12.8. The van der Waals surface area contributed by atoms with Gasteiger partial charge in [0.1, 0.15) is 11.6 Å². The molecule has 32 heavy (non-hydrogen) atoms. The van der Waals surface area contributed by atoms with E-state index >= 15 is 0 Å². The van der Waals surface area contributed by atoms with Crippen LogP contribution in [-0.2, 0) is 18.9 Å². The van der Waals surface area contributed by atoms with Crippen LogP contribution in [0, 0.1) is 6.92 Å². The Hall–Kier alpha value is -3.66. The van der Waals surface area contributed by atoms with Crippen molar-refractivity contribution in [2.75, 3.05) is 0 Å². The van der Waals surface area contributed by atoms with Crippen molar-refractivity contribution in [3.63, 3.8) is 0 Å². The van der Waals surface area contributed by atoms with E-state index in [1.54, 1.807) is 4.57 Å². The van der Waals surface area contributed by atoms with Gasteiger partial charge in [-0.25, -0.2) is 0 Å². The molecule has 0 radical (unpaired) electrons. The fourth-order valence-electron chi connectivity index (χ4n) is 3.52. The van der Waals surface area contributed by atoms with Crippen LogP contribution in [0.5, 0.6) is 5.75 Å². The van der Waals surface area contributed by atoms with Crippen LogP contribution >= 0.6 is 11.8 Å². The van der Waals surface area contributed by atoms with Crippen LogP contribution in [0.3, 0.4) is 0 Å². The lowest BCUT2D eigenvalue weighted by molar-refractivity contribution is 0.252. The van der Waals surface area contributed by atoms with Crippen molar-refractivity contribution in [3.05, 3.63) is 76.2 Å². The van der Waals surface area contributed by atoms with E-state index in [9.17, 15) is 4.79 Å². The zero-order valence-corrected chi connectivity index (χ0v) is 18.4. The number of nitrogens with zero attached hydrogens (tertiary/aromatic N) is 6. The van der Waals surface area contributed by atoms with Crippen LogP contribution in [0.1, 0.15) is 24.2 Å². The molecule has 0 fully saturated rings. The minimum absolute atomic E-state index is 0.0719. The maximum absolute atomic E-state index is 12.8. The summed E-state index contributed by atoms with van der Waals surface area (Å²) in [5.74, 6) is 2.81. The van der Waals surface area contributed by atoms with Gasteiger partial charge in [0.15, 0.2) is 6.61 Å². The molecule has 0 unspecified atom stereocenters. The number of fused-ring (bicyclic) bond motifs is 3. The van der Waals surface area contributed by atoms with Crippen LogP contribution in [0.25, 0.3) is 16.7 Å². The van der Waals surface area contributed by atoms with Crippen molar-refractivity contribution in [1.29, 1.82) is 0 Å². The molecule has 0 N–H and O–H groups in total. The van der Waals surface area contributed by atoms with Crippen molar-refractivity contribution < 1.29 is 9.15 Å². The van der Waals surface area contributed by atoms with E-state index in [0.717, 1.165) is 16.8 Å². The summed E-state index contributed by atoms with van der Waals surface area (Å²) in [5, 5.41) is 17.8. The van der Waals surface area contributed by atoms with Crippen molar-refractivity contribution in [1.82, 2.24) is 29.4 Å². The Morgan fingerprint density at radius 1 is 1.06 bits per heavy atom. The molecular weight excluding hydrogens is 428 g/mol. The lowest BCUT2D eigenvalue weighted by atomic mass is 10.2. The lowest BCUT2D eigenvalue weighted by Crippen LogP contribution is -2.22. The Labute approximate surface area is 187 Å². The fraction of sp³-hybridized carbons (Fsp3) is 0.227. The summed E-state index contributed by atoms with van der Waals surface area (Å²) < 4.78 is 14.9. The first kappa shape index (κ1) is 20.3. The number of ether oxygens (including phenoxy) is 1. The maximum Gasteiger partial charge on any atom is 0.277 e. The Kier molecular flexibility index (Phi) is 5.36. The number of thioether (sulfide) groups is 1. The van der Waals surface area contributed by atoms with Gasteiger partial charge >= 0.3 is 0 Å². The standard InChI is InChI=1S/C22H20N6O3S/c1-3-27-20(29)16-9-4-5-10-17(16)28-18(23-25-21(27)28)13-32-22-26-24-19(31-22)12-30-15-8-6-7-14(2)11-15/h4-11H,3,12-13H2,1-2H3. The first-order valence-corrected chi connectivity index (χ1v) is 11.1. The smallest absolute Gasteiger partial charge is 0.277 e. The fourth-order valence-corrected chi connectivity index (χ4v) is 4.22. The highest BCUT2D eigenvalue weighted by Crippen LogP contribution is 2.23. The van der Waals surface area contributed by atoms with Gasteiger partial charge in [0.25, 0.3) is 16.7 Å². The normalized spacial score (nSPS) is 11.4. The number of hydrogen-bond acceptors (Lipinski definition) is 8. The number of hydrogen-bond donors (Lipinski definition) is 0. The van der Waals surface area contributed by atoms with E-state index < -0.39 is 0 Å². The highest BCUT2D eigenvalue weighted by atomic mass is 32.2. The molecule has 9 nitrogen and oxygen atoms in total. The predicted octanol–water partition coefficient (Wildman–Crippen LogP) is 3.63. The van der Waals surface area contributed by atoms with Gasteiger partial charge in [0.05, 0.1) is 16.7 Å². The van der Waals surface area contributed by atoms with E-state index in [2.05, 4.69) is 20.4 Å². The molecule has 0 spiro atoms. The van der Waals surface area contributed by atoms with E-state index in [1.807, 2.05) is 66.8 Å². The summed E-state index contributed by atoms with van der Waals surface area (Å²) in [6.45, 7) is 4.62. The third kappa shape index (κ3) is 3.73. The summed E-state index contributed by atoms with van der Waals surface area (Å²) in [4.78, 5) is 12.8. The summed E-state index contributed by atoms with van der Waals surface area (Å²) in [6, 6.07) is 15.2. The van der Waals surface area contributed by atoms with Gasteiger partial charge in [0.2, 0.25) is 5.78 Å². The summed E-state index contributed by atoms with van der Waals surface area (Å²) in [7, 11) is 0. The Bertz CT molecular complexity index is 1470. The SMILES string of the molecule is CCn1c(=O)c2ccccc2n2c(CSc3nnc(COc4cccc(C)c4)o3)nnc12. The van der Waals surface area contributed by atoms with Crippen LogP contribution < -0.4 is 10.3 Å². The summed E-state index contributed by atoms with van der Waals surface area (Å²) in [6.07, 6.45) is 0. The van der Waals surface area contributed by atoms with Gasteiger partial charge in [-0.05, 0) is 43.7 Å². The Balaban J connectivity index is 1.36. The minimum Gasteiger partial charge on any atom is -0.484 e. The Morgan fingerprint density at radius 3 is 2.78 bits per heavy atom. The summed E-state index contributed by atoms with van der Waals surface area (Å²) in [5.41, 5.74) is 1.82. The molecule has 5 rings (SSSR count). The van der Waals surface area contributed by atoms with Gasteiger partial charge in [-0.3, -0.25) is 13.8 Å². The monoisotopic (exact) mass is 448 g/mol. The molecule has 0 saturated carbocycles. The van der Waals surface area contributed by atoms with Crippen molar-refractivity contribution in [2.45, 2.75) is 38.0 Å². The average Bonchev–Trinajstić information content (AvgIpc) is 3.44. The third-order valence-electron chi connectivity index (χ3n) is 5.02.